The van der Waals surface area contributed by atoms with Crippen molar-refractivity contribution in [3.63, 3.8) is 0 Å². The van der Waals surface area contributed by atoms with E-state index in [1.165, 1.54) is 16.8 Å². The molecule has 0 aliphatic carbocycles. The van der Waals surface area contributed by atoms with Gasteiger partial charge in [-0.2, -0.15) is 15.1 Å². The van der Waals surface area contributed by atoms with Crippen LogP contribution >= 0.6 is 27.7 Å². The summed E-state index contributed by atoms with van der Waals surface area (Å²) in [4.78, 5) is 16.9. The first-order chi connectivity index (χ1) is 16.9. The molecule has 2 aliphatic heterocycles. The van der Waals surface area contributed by atoms with E-state index in [0.29, 0.717) is 29.7 Å². The number of amidine groups is 2. The first-order valence-corrected chi connectivity index (χ1v) is 12.7. The minimum atomic E-state index is -0.470. The Morgan fingerprint density at radius 3 is 2.66 bits per heavy atom. The molecule has 2 aromatic carbocycles. The summed E-state index contributed by atoms with van der Waals surface area (Å²) in [5, 5.41) is 15.7. The summed E-state index contributed by atoms with van der Waals surface area (Å²) in [6.07, 6.45) is 4.19. The van der Waals surface area contributed by atoms with Gasteiger partial charge in [-0.15, -0.1) is 6.58 Å². The Kier molecular flexibility index (Phi) is 7.87. The Morgan fingerprint density at radius 1 is 1.17 bits per heavy atom. The summed E-state index contributed by atoms with van der Waals surface area (Å²) in [5.74, 6) is 1.08. The highest BCUT2D eigenvalue weighted by Gasteiger charge is 2.36. The van der Waals surface area contributed by atoms with E-state index >= 15 is 0 Å². The van der Waals surface area contributed by atoms with Crippen molar-refractivity contribution in [1.29, 1.82) is 5.41 Å². The van der Waals surface area contributed by atoms with Gasteiger partial charge in [0, 0.05) is 16.0 Å². The van der Waals surface area contributed by atoms with Crippen LogP contribution in [0.3, 0.4) is 0 Å². The van der Waals surface area contributed by atoms with Gasteiger partial charge >= 0.3 is 0 Å². The van der Waals surface area contributed by atoms with E-state index in [0.717, 1.165) is 27.3 Å². The van der Waals surface area contributed by atoms with Gasteiger partial charge < -0.3 is 9.47 Å². The molecule has 0 atom stereocenters. The molecule has 0 fully saturated rings. The third-order valence-electron chi connectivity index (χ3n) is 5.17. The zero-order chi connectivity index (χ0) is 24.9. The van der Waals surface area contributed by atoms with E-state index in [2.05, 4.69) is 32.6 Å². The van der Waals surface area contributed by atoms with Crippen LogP contribution in [-0.4, -0.2) is 40.2 Å². The van der Waals surface area contributed by atoms with Crippen LogP contribution in [0.5, 0.6) is 11.5 Å². The Balaban J connectivity index is 1.50. The lowest BCUT2D eigenvalue weighted by molar-refractivity contribution is -0.114. The Morgan fingerprint density at radius 2 is 1.91 bits per heavy atom. The minimum absolute atomic E-state index is 0.00349. The zero-order valence-corrected chi connectivity index (χ0v) is 21.9. The average Bonchev–Trinajstić information content (AvgIpc) is 3.26. The zero-order valence-electron chi connectivity index (χ0n) is 19.5. The number of carbonyl (C=O) groups excluding carboxylic acids is 1. The SMILES string of the molecule is C=CCc1ccccc1OCCOc1ccc(Br)cc1/C=C1/C(=N)N2N=C(C(C)C)SC2=NC1=O. The van der Waals surface area contributed by atoms with Crippen LogP contribution in [0.1, 0.15) is 25.0 Å². The third-order valence-corrected chi connectivity index (χ3v) is 6.87. The molecule has 9 heteroatoms. The quantitative estimate of drug-likeness (QED) is 0.237. The standard InChI is InChI=1S/C26H25BrN4O3S/c1-4-7-17-8-5-6-9-21(17)33-12-13-34-22-11-10-19(27)14-18(22)15-20-23(28)31-26(29-24(20)32)35-25(30-31)16(2)3/h4-6,8-11,14-16,28H,1,7,12-13H2,2-3H3/b20-15-,28-23?. The largest absolute Gasteiger partial charge is 0.490 e. The van der Waals surface area contributed by atoms with Crippen molar-refractivity contribution < 1.29 is 14.3 Å². The lowest BCUT2D eigenvalue weighted by Gasteiger charge is -2.20. The molecule has 7 nitrogen and oxygen atoms in total. The molecule has 180 valence electrons. The summed E-state index contributed by atoms with van der Waals surface area (Å²) >= 11 is 4.80. The molecule has 0 saturated heterocycles. The van der Waals surface area contributed by atoms with Crippen LogP contribution in [0.25, 0.3) is 6.08 Å². The monoisotopic (exact) mass is 552 g/mol. The van der Waals surface area contributed by atoms with Gasteiger partial charge in [0.25, 0.3) is 5.91 Å². The maximum atomic E-state index is 12.8. The van der Waals surface area contributed by atoms with Crippen LogP contribution in [0.4, 0.5) is 0 Å². The summed E-state index contributed by atoms with van der Waals surface area (Å²) in [7, 11) is 0. The molecule has 0 spiro atoms. The lowest BCUT2D eigenvalue weighted by Crippen LogP contribution is -2.35. The summed E-state index contributed by atoms with van der Waals surface area (Å²) in [6, 6.07) is 13.3. The number of rotatable bonds is 9. The van der Waals surface area contributed by atoms with Crippen LogP contribution in [-0.2, 0) is 11.2 Å². The van der Waals surface area contributed by atoms with Crippen LogP contribution in [0, 0.1) is 11.3 Å². The van der Waals surface area contributed by atoms with Crippen molar-refractivity contribution in [2.24, 2.45) is 16.0 Å². The van der Waals surface area contributed by atoms with E-state index in [4.69, 9.17) is 14.9 Å². The van der Waals surface area contributed by atoms with E-state index in [-0.39, 0.29) is 17.3 Å². The number of halogens is 1. The van der Waals surface area contributed by atoms with Gasteiger partial charge in [0.2, 0.25) is 5.17 Å². The Labute approximate surface area is 217 Å². The highest BCUT2D eigenvalue weighted by Crippen LogP contribution is 2.32. The van der Waals surface area contributed by atoms with Crippen molar-refractivity contribution in [3.05, 3.63) is 76.3 Å². The highest BCUT2D eigenvalue weighted by atomic mass is 79.9. The molecule has 4 rings (SSSR count). The van der Waals surface area contributed by atoms with Crippen LogP contribution < -0.4 is 9.47 Å². The molecule has 1 N–H and O–H groups in total. The number of hydrazone groups is 1. The number of hydrogen-bond donors (Lipinski definition) is 1. The maximum Gasteiger partial charge on any atom is 0.283 e. The number of carbonyl (C=O) groups is 1. The number of hydrogen-bond acceptors (Lipinski definition) is 6. The molecular weight excluding hydrogens is 528 g/mol. The topological polar surface area (TPSA) is 87.3 Å². The third kappa shape index (κ3) is 5.74. The van der Waals surface area contributed by atoms with Gasteiger partial charge in [-0.05, 0) is 54.1 Å². The number of ether oxygens (including phenoxy) is 2. The van der Waals surface area contributed by atoms with E-state index in [1.807, 2.05) is 62.4 Å². The van der Waals surface area contributed by atoms with E-state index in [1.54, 1.807) is 6.08 Å². The van der Waals surface area contributed by atoms with Gasteiger partial charge in [0.15, 0.2) is 5.84 Å². The van der Waals surface area contributed by atoms with Gasteiger partial charge in [-0.3, -0.25) is 10.2 Å². The van der Waals surface area contributed by atoms with Gasteiger partial charge in [-0.1, -0.05) is 54.1 Å². The minimum Gasteiger partial charge on any atom is -0.490 e. The number of aliphatic imine (C=N–C) groups is 1. The number of para-hydroxylation sites is 1. The molecule has 1 amide bonds. The van der Waals surface area contributed by atoms with Crippen molar-refractivity contribution in [1.82, 2.24) is 5.01 Å². The molecule has 0 unspecified atom stereocenters. The number of thioether (sulfide) groups is 1. The molecule has 0 aromatic heterocycles. The molecule has 35 heavy (non-hydrogen) atoms. The second kappa shape index (κ2) is 11.0. The van der Waals surface area contributed by atoms with Crippen molar-refractivity contribution in [2.45, 2.75) is 20.3 Å². The fraction of sp³-hybridized carbons (Fsp3) is 0.231. The van der Waals surface area contributed by atoms with Crippen LogP contribution in [0.15, 0.2) is 75.3 Å². The van der Waals surface area contributed by atoms with Crippen molar-refractivity contribution in [3.8, 4) is 11.5 Å². The Bertz CT molecular complexity index is 1270. The Hall–Kier alpha value is -3.17. The highest BCUT2D eigenvalue weighted by molar-refractivity contribution is 9.10. The predicted molar refractivity (Wildman–Crippen MR) is 145 cm³/mol. The number of nitrogens with one attached hydrogen (secondary N) is 1. The van der Waals surface area contributed by atoms with Crippen molar-refractivity contribution >= 4 is 55.7 Å². The number of nitrogens with zero attached hydrogens (tertiary/aromatic N) is 3. The molecular formula is C26H25BrN4O3S. The molecule has 2 aromatic rings. The summed E-state index contributed by atoms with van der Waals surface area (Å²) in [6.45, 7) is 8.47. The molecule has 0 bridgehead atoms. The number of benzene rings is 2. The maximum absolute atomic E-state index is 12.8. The average molecular weight is 553 g/mol. The number of amides is 1. The van der Waals surface area contributed by atoms with Crippen molar-refractivity contribution in [2.75, 3.05) is 13.2 Å². The molecule has 2 aliphatic rings. The summed E-state index contributed by atoms with van der Waals surface area (Å²) < 4.78 is 12.7. The number of fused-ring (bicyclic) bond motifs is 1. The normalized spacial score (nSPS) is 16.3. The van der Waals surface area contributed by atoms with Gasteiger partial charge in [0.05, 0.1) is 5.57 Å². The molecule has 2 heterocycles. The summed E-state index contributed by atoms with van der Waals surface area (Å²) in [5.41, 5.74) is 1.87. The fourth-order valence-electron chi connectivity index (χ4n) is 3.43. The van der Waals surface area contributed by atoms with E-state index < -0.39 is 5.91 Å². The van der Waals surface area contributed by atoms with Gasteiger partial charge in [0.1, 0.15) is 29.8 Å². The van der Waals surface area contributed by atoms with E-state index in [9.17, 15) is 4.79 Å². The first-order valence-electron chi connectivity index (χ1n) is 11.1. The predicted octanol–water partition coefficient (Wildman–Crippen LogP) is 5.91. The lowest BCUT2D eigenvalue weighted by atomic mass is 10.1. The second-order valence-corrected chi connectivity index (χ2v) is 10.00. The molecule has 0 saturated carbocycles. The molecule has 0 radical (unpaired) electrons. The van der Waals surface area contributed by atoms with Crippen LogP contribution in [0.2, 0.25) is 0 Å². The number of allylic oxidation sites excluding steroid dienone is 1. The van der Waals surface area contributed by atoms with Gasteiger partial charge in [-0.25, -0.2) is 0 Å². The second-order valence-electron chi connectivity index (χ2n) is 8.09. The fourth-order valence-corrected chi connectivity index (χ4v) is 4.70. The first kappa shape index (κ1) is 24.9. The smallest absolute Gasteiger partial charge is 0.283 e.